The Morgan fingerprint density at radius 3 is 2.61 bits per heavy atom. The first kappa shape index (κ1) is 14.6. The first-order chi connectivity index (χ1) is 11.2. The van der Waals surface area contributed by atoms with Gasteiger partial charge in [-0.05, 0) is 17.8 Å². The van der Waals surface area contributed by atoms with Gasteiger partial charge in [-0.2, -0.15) is 0 Å². The van der Waals surface area contributed by atoms with E-state index in [0.29, 0.717) is 5.92 Å². The fraction of sp³-hybridized carbons (Fsp3) is 0.588. The number of aromatic nitrogens is 3. The zero-order valence-electron chi connectivity index (χ0n) is 13.7. The van der Waals surface area contributed by atoms with Gasteiger partial charge in [0.2, 0.25) is 0 Å². The van der Waals surface area contributed by atoms with Crippen LogP contribution in [-0.4, -0.2) is 46.2 Å². The van der Waals surface area contributed by atoms with Crippen LogP contribution in [0.3, 0.4) is 0 Å². The zero-order valence-corrected chi connectivity index (χ0v) is 13.7. The molecule has 2 saturated heterocycles. The van der Waals surface area contributed by atoms with Crippen LogP contribution in [0.5, 0.6) is 0 Å². The van der Waals surface area contributed by atoms with Crippen LogP contribution in [0.25, 0.3) is 0 Å². The number of hydrogen-bond donors (Lipinski definition) is 0. The molecule has 6 nitrogen and oxygen atoms in total. The molecule has 2 aliphatic heterocycles. The lowest BCUT2D eigenvalue weighted by atomic mass is 10.0. The lowest BCUT2D eigenvalue weighted by molar-refractivity contribution is 0.295. The Bertz CT molecular complexity index is 643. The highest BCUT2D eigenvalue weighted by Gasteiger charge is 2.40. The predicted molar refractivity (Wildman–Crippen MR) is 87.1 cm³/mol. The summed E-state index contributed by atoms with van der Waals surface area (Å²) in [6.07, 6.45) is 3.35. The van der Waals surface area contributed by atoms with Crippen molar-refractivity contribution in [3.05, 3.63) is 36.1 Å². The van der Waals surface area contributed by atoms with E-state index in [1.165, 1.54) is 0 Å². The van der Waals surface area contributed by atoms with E-state index in [1.807, 2.05) is 6.07 Å². The molecule has 2 aromatic rings. The molecule has 4 rings (SSSR count). The van der Waals surface area contributed by atoms with Crippen LogP contribution in [0.1, 0.15) is 31.2 Å². The van der Waals surface area contributed by atoms with E-state index >= 15 is 0 Å². The van der Waals surface area contributed by atoms with E-state index in [-0.39, 0.29) is 0 Å². The van der Waals surface area contributed by atoms with Crippen molar-refractivity contribution in [3.63, 3.8) is 0 Å². The van der Waals surface area contributed by atoms with Crippen LogP contribution >= 0.6 is 0 Å². The third-order valence-corrected chi connectivity index (χ3v) is 5.03. The first-order valence-corrected chi connectivity index (χ1v) is 8.37. The minimum Gasteiger partial charge on any atom is -0.364 e. The minimum absolute atomic E-state index is 0.441. The molecule has 0 spiro atoms. The van der Waals surface area contributed by atoms with E-state index in [0.717, 1.165) is 61.8 Å². The summed E-state index contributed by atoms with van der Waals surface area (Å²) in [7, 11) is 0. The molecular weight excluding hydrogens is 290 g/mol. The van der Waals surface area contributed by atoms with E-state index in [4.69, 9.17) is 4.52 Å². The van der Waals surface area contributed by atoms with Crippen molar-refractivity contribution in [1.29, 1.82) is 0 Å². The molecule has 0 amide bonds. The highest BCUT2D eigenvalue weighted by atomic mass is 16.5. The summed E-state index contributed by atoms with van der Waals surface area (Å²) < 4.78 is 4.93. The summed E-state index contributed by atoms with van der Waals surface area (Å²) in [5.74, 6) is 2.97. The van der Waals surface area contributed by atoms with Crippen molar-refractivity contribution >= 4 is 5.82 Å². The van der Waals surface area contributed by atoms with Crippen LogP contribution in [0.4, 0.5) is 5.82 Å². The average molecular weight is 313 g/mol. The second kappa shape index (κ2) is 5.92. The number of nitrogens with zero attached hydrogens (tertiary/aromatic N) is 5. The molecule has 0 radical (unpaired) electrons. The summed E-state index contributed by atoms with van der Waals surface area (Å²) in [6.45, 7) is 9.70. The Morgan fingerprint density at radius 2 is 1.96 bits per heavy atom. The Hall–Kier alpha value is -1.95. The number of rotatable bonds is 4. The summed E-state index contributed by atoms with van der Waals surface area (Å²) in [5.41, 5.74) is 2.15. The maximum Gasteiger partial charge on any atom is 0.132 e. The highest BCUT2D eigenvalue weighted by Crippen LogP contribution is 2.34. The predicted octanol–water partition coefficient (Wildman–Crippen LogP) is 2.16. The molecule has 0 bridgehead atoms. The molecule has 0 aromatic carbocycles. The number of likely N-dealkylation sites (tertiary alicyclic amines) is 1. The topological polar surface area (TPSA) is 58.3 Å². The highest BCUT2D eigenvalue weighted by molar-refractivity contribution is 5.41. The van der Waals surface area contributed by atoms with Gasteiger partial charge in [0.15, 0.2) is 0 Å². The fourth-order valence-electron chi connectivity index (χ4n) is 3.80. The Labute approximate surface area is 136 Å². The summed E-state index contributed by atoms with van der Waals surface area (Å²) >= 11 is 0. The zero-order chi connectivity index (χ0) is 15.8. The third kappa shape index (κ3) is 2.95. The van der Waals surface area contributed by atoms with Gasteiger partial charge in [0.1, 0.15) is 18.4 Å². The molecule has 2 fully saturated rings. The first-order valence-electron chi connectivity index (χ1n) is 8.37. The second-order valence-electron chi connectivity index (χ2n) is 7.07. The summed E-state index contributed by atoms with van der Waals surface area (Å²) in [5, 5.41) is 4.02. The molecule has 6 heteroatoms. The van der Waals surface area contributed by atoms with Crippen molar-refractivity contribution < 1.29 is 4.52 Å². The van der Waals surface area contributed by atoms with Crippen LogP contribution in [0, 0.1) is 11.8 Å². The summed E-state index contributed by atoms with van der Waals surface area (Å²) in [4.78, 5) is 13.8. The smallest absolute Gasteiger partial charge is 0.132 e. The fourth-order valence-corrected chi connectivity index (χ4v) is 3.80. The third-order valence-electron chi connectivity index (χ3n) is 5.03. The molecule has 2 unspecified atom stereocenters. The number of fused-ring (bicyclic) bond motifs is 1. The molecule has 0 N–H and O–H groups in total. The average Bonchev–Trinajstić information content (AvgIpc) is 3.24. The quantitative estimate of drug-likeness (QED) is 0.862. The van der Waals surface area contributed by atoms with E-state index < -0.39 is 0 Å². The van der Waals surface area contributed by atoms with Gasteiger partial charge in [0, 0.05) is 50.6 Å². The standard InChI is InChI=1S/C17H23N5O/c1-12(2)16-5-17(19-11-18-16)22-8-13-6-21(7-14(13)9-22)10-15-3-4-23-20-15/h3-5,11-14H,6-10H2,1-2H3. The van der Waals surface area contributed by atoms with Crippen LogP contribution in [0.2, 0.25) is 0 Å². The van der Waals surface area contributed by atoms with Crippen molar-refractivity contribution in [2.45, 2.75) is 26.3 Å². The summed E-state index contributed by atoms with van der Waals surface area (Å²) in [6, 6.07) is 4.10. The van der Waals surface area contributed by atoms with Crippen molar-refractivity contribution in [1.82, 2.24) is 20.0 Å². The van der Waals surface area contributed by atoms with Gasteiger partial charge >= 0.3 is 0 Å². The lowest BCUT2D eigenvalue weighted by Gasteiger charge is -2.22. The van der Waals surface area contributed by atoms with Crippen LogP contribution < -0.4 is 4.90 Å². The molecular formula is C17H23N5O. The lowest BCUT2D eigenvalue weighted by Crippen LogP contribution is -2.29. The Kier molecular flexibility index (Phi) is 3.77. The Balaban J connectivity index is 1.39. The monoisotopic (exact) mass is 313 g/mol. The number of anilines is 1. The van der Waals surface area contributed by atoms with Crippen LogP contribution in [0.15, 0.2) is 29.2 Å². The molecule has 4 heterocycles. The van der Waals surface area contributed by atoms with E-state index in [9.17, 15) is 0 Å². The molecule has 0 saturated carbocycles. The van der Waals surface area contributed by atoms with Crippen molar-refractivity contribution in [3.8, 4) is 0 Å². The van der Waals surface area contributed by atoms with Gasteiger partial charge in [-0.1, -0.05) is 19.0 Å². The molecule has 2 aromatic heterocycles. The largest absolute Gasteiger partial charge is 0.364 e. The van der Waals surface area contributed by atoms with Gasteiger partial charge in [0.25, 0.3) is 0 Å². The van der Waals surface area contributed by atoms with Gasteiger partial charge in [-0.25, -0.2) is 9.97 Å². The molecule has 2 aliphatic rings. The van der Waals surface area contributed by atoms with Crippen LogP contribution in [-0.2, 0) is 6.54 Å². The molecule has 122 valence electrons. The van der Waals surface area contributed by atoms with E-state index in [1.54, 1.807) is 12.6 Å². The normalized spacial score (nSPS) is 24.6. The SMILES string of the molecule is CC(C)c1cc(N2CC3CN(Cc4ccon4)CC3C2)ncn1. The van der Waals surface area contributed by atoms with Gasteiger partial charge in [-0.15, -0.1) is 0 Å². The second-order valence-corrected chi connectivity index (χ2v) is 7.07. The molecule has 23 heavy (non-hydrogen) atoms. The van der Waals surface area contributed by atoms with Gasteiger partial charge < -0.3 is 9.42 Å². The number of hydrogen-bond acceptors (Lipinski definition) is 6. The van der Waals surface area contributed by atoms with Crippen molar-refractivity contribution in [2.24, 2.45) is 11.8 Å². The maximum atomic E-state index is 4.93. The van der Waals surface area contributed by atoms with Gasteiger partial charge in [-0.3, -0.25) is 4.90 Å². The Morgan fingerprint density at radius 1 is 1.17 bits per heavy atom. The van der Waals surface area contributed by atoms with E-state index in [2.05, 4.69) is 44.8 Å². The van der Waals surface area contributed by atoms with Gasteiger partial charge in [0.05, 0.1) is 5.69 Å². The molecule has 0 aliphatic carbocycles. The maximum absolute atomic E-state index is 4.93. The molecule has 2 atom stereocenters. The van der Waals surface area contributed by atoms with Crippen molar-refractivity contribution in [2.75, 3.05) is 31.1 Å². The minimum atomic E-state index is 0.441.